The Hall–Kier alpha value is -1.33. The molecule has 1 aromatic heterocycles. The van der Waals surface area contributed by atoms with Gasteiger partial charge in [0.1, 0.15) is 11.4 Å². The molecule has 2 aromatic rings. The largest absolute Gasteiger partial charge is 0.356 e. The van der Waals surface area contributed by atoms with Gasteiger partial charge in [-0.15, -0.1) is 0 Å². The fourth-order valence-corrected chi connectivity index (χ4v) is 3.07. The molecule has 2 rings (SSSR count). The van der Waals surface area contributed by atoms with Crippen molar-refractivity contribution >= 4 is 19.7 Å². The lowest BCUT2D eigenvalue weighted by Crippen LogP contribution is -1.94. The summed E-state index contributed by atoms with van der Waals surface area (Å²) in [6.07, 6.45) is 0. The summed E-state index contributed by atoms with van der Waals surface area (Å²) in [5, 5.41) is 3.74. The first-order valence-corrected chi connectivity index (χ1v) is 8.20. The van der Waals surface area contributed by atoms with Gasteiger partial charge in [0, 0.05) is 22.3 Å². The lowest BCUT2D eigenvalue weighted by atomic mass is 9.98. The summed E-state index contributed by atoms with van der Waals surface area (Å²) in [4.78, 5) is 0. The van der Waals surface area contributed by atoms with Crippen LogP contribution in [0.4, 0.5) is 0 Å². The average molecular weight is 300 g/mol. The molecule has 0 atom stereocenters. The molecule has 0 N–H and O–H groups in total. The molecule has 0 aliphatic carbocycles. The maximum Gasteiger partial charge on any atom is 0.238 e. The second-order valence-electron chi connectivity index (χ2n) is 4.64. The Labute approximate surface area is 116 Å². The van der Waals surface area contributed by atoms with Crippen LogP contribution >= 0.6 is 10.7 Å². The van der Waals surface area contributed by atoms with Crippen molar-refractivity contribution in [1.82, 2.24) is 5.16 Å². The highest BCUT2D eigenvalue weighted by molar-refractivity contribution is 8.13. The SMILES string of the molecule is Cc1cc(C)c(-c2cc(CS(=O)(=O)Cl)no2)c(C)c1. The minimum Gasteiger partial charge on any atom is -0.356 e. The maximum absolute atomic E-state index is 11.0. The van der Waals surface area contributed by atoms with E-state index in [-0.39, 0.29) is 5.75 Å². The molecule has 0 amide bonds. The quantitative estimate of drug-likeness (QED) is 0.816. The minimum absolute atomic E-state index is 0.310. The van der Waals surface area contributed by atoms with Crippen LogP contribution in [0.3, 0.4) is 0 Å². The highest BCUT2D eigenvalue weighted by atomic mass is 35.7. The minimum atomic E-state index is -3.62. The molecule has 6 heteroatoms. The Morgan fingerprint density at radius 1 is 1.16 bits per heavy atom. The van der Waals surface area contributed by atoms with Gasteiger partial charge < -0.3 is 4.52 Å². The number of rotatable bonds is 3. The molecular weight excluding hydrogens is 286 g/mol. The molecule has 0 radical (unpaired) electrons. The Kier molecular flexibility index (Phi) is 3.69. The van der Waals surface area contributed by atoms with Gasteiger partial charge in [0.2, 0.25) is 9.05 Å². The van der Waals surface area contributed by atoms with E-state index in [1.165, 1.54) is 5.56 Å². The number of hydrogen-bond donors (Lipinski definition) is 0. The van der Waals surface area contributed by atoms with E-state index in [1.807, 2.05) is 32.9 Å². The van der Waals surface area contributed by atoms with Crippen molar-refractivity contribution in [3.05, 3.63) is 40.6 Å². The first-order chi connectivity index (χ1) is 8.76. The molecule has 1 aromatic carbocycles. The third-order valence-electron chi connectivity index (χ3n) is 2.80. The molecule has 0 saturated heterocycles. The predicted octanol–water partition coefficient (Wildman–Crippen LogP) is 3.34. The Bertz CT molecular complexity index is 696. The summed E-state index contributed by atoms with van der Waals surface area (Å²) < 4.78 is 27.2. The van der Waals surface area contributed by atoms with E-state index in [2.05, 4.69) is 5.16 Å². The first kappa shape index (κ1) is 14.1. The number of benzene rings is 1. The molecule has 0 aliphatic rings. The molecule has 0 spiro atoms. The van der Waals surface area contributed by atoms with Crippen LogP contribution in [-0.2, 0) is 14.8 Å². The third kappa shape index (κ3) is 3.36. The van der Waals surface area contributed by atoms with E-state index >= 15 is 0 Å². The molecule has 0 unspecified atom stereocenters. The van der Waals surface area contributed by atoms with Crippen molar-refractivity contribution in [3.8, 4) is 11.3 Å². The molecular formula is C13H14ClNO3S. The lowest BCUT2D eigenvalue weighted by Gasteiger charge is -2.07. The van der Waals surface area contributed by atoms with Crippen molar-refractivity contribution < 1.29 is 12.9 Å². The molecule has 0 aliphatic heterocycles. The standard InChI is InChI=1S/C13H14ClNO3S/c1-8-4-9(2)13(10(3)5-8)12-6-11(15-18-12)7-19(14,16)17/h4-6H,7H2,1-3H3. The Balaban J connectivity index is 2.44. The highest BCUT2D eigenvalue weighted by Crippen LogP contribution is 2.29. The van der Waals surface area contributed by atoms with E-state index in [9.17, 15) is 8.42 Å². The summed E-state index contributed by atoms with van der Waals surface area (Å²) >= 11 is 0. The van der Waals surface area contributed by atoms with Crippen molar-refractivity contribution in [2.75, 3.05) is 0 Å². The lowest BCUT2D eigenvalue weighted by molar-refractivity contribution is 0.425. The summed E-state index contributed by atoms with van der Waals surface area (Å²) in [6, 6.07) is 5.70. The molecule has 102 valence electrons. The zero-order chi connectivity index (χ0) is 14.2. The number of halogens is 1. The van der Waals surface area contributed by atoms with E-state index in [4.69, 9.17) is 15.2 Å². The maximum atomic E-state index is 11.0. The van der Waals surface area contributed by atoms with Gasteiger partial charge >= 0.3 is 0 Å². The zero-order valence-electron chi connectivity index (χ0n) is 10.9. The van der Waals surface area contributed by atoms with Gasteiger partial charge in [-0.1, -0.05) is 22.9 Å². The Morgan fingerprint density at radius 3 is 2.26 bits per heavy atom. The molecule has 4 nitrogen and oxygen atoms in total. The molecule has 0 fully saturated rings. The van der Waals surface area contributed by atoms with E-state index in [0.29, 0.717) is 11.5 Å². The van der Waals surface area contributed by atoms with Crippen LogP contribution in [0, 0.1) is 20.8 Å². The molecule has 19 heavy (non-hydrogen) atoms. The van der Waals surface area contributed by atoms with Crippen molar-refractivity contribution in [3.63, 3.8) is 0 Å². The molecule has 0 bridgehead atoms. The van der Waals surface area contributed by atoms with Crippen molar-refractivity contribution in [1.29, 1.82) is 0 Å². The average Bonchev–Trinajstić information content (AvgIpc) is 2.61. The van der Waals surface area contributed by atoms with Gasteiger partial charge in [-0.2, -0.15) is 0 Å². The van der Waals surface area contributed by atoms with Crippen LogP contribution in [0.25, 0.3) is 11.3 Å². The van der Waals surface area contributed by atoms with Gasteiger partial charge in [0.15, 0.2) is 5.76 Å². The van der Waals surface area contributed by atoms with Gasteiger partial charge in [0.05, 0.1) is 0 Å². The fourth-order valence-electron chi connectivity index (χ4n) is 2.24. The smallest absolute Gasteiger partial charge is 0.238 e. The number of aryl methyl sites for hydroxylation is 3. The number of aromatic nitrogens is 1. The monoisotopic (exact) mass is 299 g/mol. The van der Waals surface area contributed by atoms with E-state index < -0.39 is 9.05 Å². The van der Waals surface area contributed by atoms with Crippen molar-refractivity contribution in [2.24, 2.45) is 0 Å². The van der Waals surface area contributed by atoms with E-state index in [0.717, 1.165) is 16.7 Å². The van der Waals surface area contributed by atoms with Crippen LogP contribution in [0.2, 0.25) is 0 Å². The van der Waals surface area contributed by atoms with Crippen LogP contribution in [0.5, 0.6) is 0 Å². The highest BCUT2D eigenvalue weighted by Gasteiger charge is 2.16. The first-order valence-electron chi connectivity index (χ1n) is 5.72. The summed E-state index contributed by atoms with van der Waals surface area (Å²) in [5.41, 5.74) is 4.55. The van der Waals surface area contributed by atoms with Crippen LogP contribution in [0.1, 0.15) is 22.4 Å². The Morgan fingerprint density at radius 2 is 1.74 bits per heavy atom. The normalized spacial score (nSPS) is 11.8. The van der Waals surface area contributed by atoms with Crippen LogP contribution in [0.15, 0.2) is 22.7 Å². The van der Waals surface area contributed by atoms with Crippen LogP contribution < -0.4 is 0 Å². The molecule has 0 saturated carbocycles. The van der Waals surface area contributed by atoms with Crippen molar-refractivity contribution in [2.45, 2.75) is 26.5 Å². The van der Waals surface area contributed by atoms with Gasteiger partial charge in [-0.3, -0.25) is 0 Å². The van der Waals surface area contributed by atoms with Gasteiger partial charge in [0.25, 0.3) is 0 Å². The van der Waals surface area contributed by atoms with Gasteiger partial charge in [-0.05, 0) is 31.9 Å². The van der Waals surface area contributed by atoms with E-state index in [1.54, 1.807) is 6.07 Å². The summed E-state index contributed by atoms with van der Waals surface area (Å²) in [5.74, 6) is 0.229. The van der Waals surface area contributed by atoms with Gasteiger partial charge in [-0.25, -0.2) is 8.42 Å². The number of hydrogen-bond acceptors (Lipinski definition) is 4. The fraction of sp³-hybridized carbons (Fsp3) is 0.308. The number of nitrogens with zero attached hydrogens (tertiary/aromatic N) is 1. The van der Waals surface area contributed by atoms with Crippen LogP contribution in [-0.4, -0.2) is 13.6 Å². The second-order valence-corrected chi connectivity index (χ2v) is 7.42. The summed E-state index contributed by atoms with van der Waals surface area (Å²) in [7, 11) is 1.57. The second kappa shape index (κ2) is 4.98. The summed E-state index contributed by atoms with van der Waals surface area (Å²) in [6.45, 7) is 5.99. The zero-order valence-corrected chi connectivity index (χ0v) is 12.5. The predicted molar refractivity (Wildman–Crippen MR) is 74.6 cm³/mol. The molecule has 1 heterocycles. The topological polar surface area (TPSA) is 60.2 Å². The third-order valence-corrected chi connectivity index (χ3v) is 3.77.